The van der Waals surface area contributed by atoms with Gasteiger partial charge in [0.25, 0.3) is 0 Å². The maximum atomic E-state index is 13.1. The van der Waals surface area contributed by atoms with Crippen molar-refractivity contribution in [1.82, 2.24) is 0 Å². The minimum atomic E-state index is -1.52. The SMILES string of the molecule is C=C1C2CCC3(C)C(C4=CC(=O)OC4O)OC(=O)CC13OC1CC(OC(C)=O)C(C)(C)C(CC(=O)OC)C12C. The highest BCUT2D eigenvalue weighted by Gasteiger charge is 2.74. The van der Waals surface area contributed by atoms with Gasteiger partial charge < -0.3 is 28.8 Å². The largest absolute Gasteiger partial charge is 0.469 e. The van der Waals surface area contributed by atoms with Crippen molar-refractivity contribution in [2.24, 2.45) is 28.1 Å². The maximum Gasteiger partial charge on any atom is 0.333 e. The van der Waals surface area contributed by atoms with Gasteiger partial charge in [-0.25, -0.2) is 4.79 Å². The number of hydrogen-bond donors (Lipinski definition) is 1. The fourth-order valence-electron chi connectivity index (χ4n) is 8.65. The van der Waals surface area contributed by atoms with E-state index in [9.17, 15) is 24.3 Å². The summed E-state index contributed by atoms with van der Waals surface area (Å²) in [5.74, 6) is -2.44. The Morgan fingerprint density at radius 2 is 1.87 bits per heavy atom. The third kappa shape index (κ3) is 3.74. The van der Waals surface area contributed by atoms with Crippen LogP contribution in [-0.4, -0.2) is 66.3 Å². The Bertz CT molecular complexity index is 1170. The standard InChI is InChI=1S/C29H38O10/c1-14-17-8-9-27(5)24(16-10-22(32)38-25(16)34)37-23(33)13-29(14,27)39-20-12-19(36-15(2)30)26(3,4)18(28(17,20)6)11-21(31)35-7/h10,17-20,24-25,34H,1,8-9,11-13H2,2-7H3. The van der Waals surface area contributed by atoms with Crippen LogP contribution in [0.2, 0.25) is 0 Å². The summed E-state index contributed by atoms with van der Waals surface area (Å²) >= 11 is 0. The van der Waals surface area contributed by atoms with E-state index in [1.807, 2.05) is 20.8 Å². The molecule has 4 fully saturated rings. The highest BCUT2D eigenvalue weighted by atomic mass is 16.6. The predicted octanol–water partition coefficient (Wildman–Crippen LogP) is 2.76. The molecule has 10 nitrogen and oxygen atoms in total. The second kappa shape index (κ2) is 8.89. The molecule has 2 saturated carbocycles. The molecule has 3 aliphatic heterocycles. The summed E-state index contributed by atoms with van der Waals surface area (Å²) in [7, 11) is 1.35. The van der Waals surface area contributed by atoms with Crippen LogP contribution in [0.5, 0.6) is 0 Å². The number of aliphatic hydroxyl groups is 1. The van der Waals surface area contributed by atoms with Crippen LogP contribution in [0, 0.1) is 28.1 Å². The van der Waals surface area contributed by atoms with E-state index in [1.165, 1.54) is 20.1 Å². The highest BCUT2D eigenvalue weighted by molar-refractivity contribution is 5.86. The maximum absolute atomic E-state index is 13.1. The lowest BCUT2D eigenvalue weighted by molar-refractivity contribution is -0.311. The van der Waals surface area contributed by atoms with Crippen molar-refractivity contribution in [2.45, 2.75) is 96.9 Å². The number of carbonyl (C=O) groups excluding carboxylic acids is 4. The molecule has 2 bridgehead atoms. The lowest BCUT2D eigenvalue weighted by Crippen LogP contribution is -2.74. The first-order valence-corrected chi connectivity index (χ1v) is 13.5. The molecule has 5 aliphatic rings. The van der Waals surface area contributed by atoms with Crippen LogP contribution in [0.1, 0.15) is 66.7 Å². The number of rotatable bonds is 4. The number of carbonyl (C=O) groups is 4. The molecule has 0 aromatic heterocycles. The molecule has 2 aliphatic carbocycles. The van der Waals surface area contributed by atoms with Crippen molar-refractivity contribution in [1.29, 1.82) is 0 Å². The van der Waals surface area contributed by atoms with Crippen LogP contribution >= 0.6 is 0 Å². The van der Waals surface area contributed by atoms with E-state index in [0.717, 1.165) is 5.57 Å². The van der Waals surface area contributed by atoms with Crippen LogP contribution in [0.3, 0.4) is 0 Å². The number of esters is 4. The van der Waals surface area contributed by atoms with Crippen LogP contribution in [-0.2, 0) is 42.9 Å². The van der Waals surface area contributed by atoms with Gasteiger partial charge in [0.15, 0.2) is 0 Å². The van der Waals surface area contributed by atoms with Crippen molar-refractivity contribution in [3.05, 3.63) is 23.8 Å². The molecule has 5 rings (SSSR count). The van der Waals surface area contributed by atoms with Gasteiger partial charge in [-0.05, 0) is 30.3 Å². The summed E-state index contributed by atoms with van der Waals surface area (Å²) in [5.41, 5.74) is -2.27. The van der Waals surface area contributed by atoms with Crippen LogP contribution in [0.15, 0.2) is 23.8 Å². The molecule has 0 amide bonds. The van der Waals surface area contributed by atoms with Crippen molar-refractivity contribution >= 4 is 23.9 Å². The van der Waals surface area contributed by atoms with Gasteiger partial charge in [-0.15, -0.1) is 0 Å². The summed E-state index contributed by atoms with van der Waals surface area (Å²) in [6, 6.07) is 0. The van der Waals surface area contributed by atoms with E-state index >= 15 is 0 Å². The first kappa shape index (κ1) is 27.8. The minimum absolute atomic E-state index is 0.0800. The molecule has 10 heteroatoms. The van der Waals surface area contributed by atoms with Gasteiger partial charge in [0.2, 0.25) is 6.29 Å². The molecule has 0 aromatic rings. The fourth-order valence-corrected chi connectivity index (χ4v) is 8.65. The smallest absolute Gasteiger partial charge is 0.333 e. The monoisotopic (exact) mass is 546 g/mol. The Hall–Kier alpha value is -2.72. The summed E-state index contributed by atoms with van der Waals surface area (Å²) in [6.45, 7) is 13.9. The lowest BCUT2D eigenvalue weighted by atomic mass is 9.41. The van der Waals surface area contributed by atoms with Gasteiger partial charge in [-0.1, -0.05) is 34.3 Å². The Morgan fingerprint density at radius 3 is 2.46 bits per heavy atom. The van der Waals surface area contributed by atoms with E-state index in [4.69, 9.17) is 23.7 Å². The third-order valence-corrected chi connectivity index (χ3v) is 10.7. The number of cyclic esters (lactones) is 2. The summed E-state index contributed by atoms with van der Waals surface area (Å²) in [6.07, 6.45) is -0.734. The zero-order valence-corrected chi connectivity index (χ0v) is 23.4. The van der Waals surface area contributed by atoms with E-state index < -0.39 is 64.4 Å². The molecule has 1 N–H and O–H groups in total. The molecule has 39 heavy (non-hydrogen) atoms. The van der Waals surface area contributed by atoms with Crippen LogP contribution in [0.25, 0.3) is 0 Å². The molecule has 9 unspecified atom stereocenters. The van der Waals surface area contributed by atoms with Crippen LogP contribution < -0.4 is 0 Å². The molecule has 3 heterocycles. The molecule has 0 radical (unpaired) electrons. The van der Waals surface area contributed by atoms with E-state index in [1.54, 1.807) is 0 Å². The Labute approximate surface area is 228 Å². The van der Waals surface area contributed by atoms with E-state index in [-0.39, 0.29) is 36.2 Å². The lowest BCUT2D eigenvalue weighted by Gasteiger charge is -2.71. The Kier molecular flexibility index (Phi) is 6.35. The highest BCUT2D eigenvalue weighted by Crippen LogP contribution is 2.71. The summed E-state index contributed by atoms with van der Waals surface area (Å²) in [5, 5.41) is 10.5. The molecule has 1 spiro atoms. The predicted molar refractivity (Wildman–Crippen MR) is 134 cm³/mol. The van der Waals surface area contributed by atoms with Crippen molar-refractivity contribution in [3.8, 4) is 0 Å². The zero-order chi connectivity index (χ0) is 28.7. The third-order valence-electron chi connectivity index (χ3n) is 10.7. The molecule has 0 aromatic carbocycles. The quantitative estimate of drug-likeness (QED) is 0.319. The molecular weight excluding hydrogens is 508 g/mol. The van der Waals surface area contributed by atoms with Gasteiger partial charge in [0, 0.05) is 47.7 Å². The molecule has 9 atom stereocenters. The van der Waals surface area contributed by atoms with E-state index in [2.05, 4.69) is 13.5 Å². The molecule has 214 valence electrons. The van der Waals surface area contributed by atoms with Crippen molar-refractivity contribution in [3.63, 3.8) is 0 Å². The van der Waals surface area contributed by atoms with E-state index in [0.29, 0.717) is 19.3 Å². The molecule has 2 saturated heterocycles. The summed E-state index contributed by atoms with van der Waals surface area (Å²) < 4.78 is 28.7. The number of aliphatic hydroxyl groups excluding tert-OH is 1. The average molecular weight is 547 g/mol. The first-order valence-electron chi connectivity index (χ1n) is 13.5. The summed E-state index contributed by atoms with van der Waals surface area (Å²) in [4.78, 5) is 50.0. The number of ether oxygens (including phenoxy) is 5. The van der Waals surface area contributed by atoms with Gasteiger partial charge in [-0.2, -0.15) is 0 Å². The second-order valence-electron chi connectivity index (χ2n) is 12.8. The number of fused-ring (bicyclic) bond motifs is 3. The topological polar surface area (TPSA) is 135 Å². The first-order chi connectivity index (χ1) is 18.1. The van der Waals surface area contributed by atoms with Crippen LogP contribution in [0.4, 0.5) is 0 Å². The van der Waals surface area contributed by atoms with Gasteiger partial charge in [-0.3, -0.25) is 14.4 Å². The second-order valence-corrected chi connectivity index (χ2v) is 12.8. The van der Waals surface area contributed by atoms with Gasteiger partial charge in [0.05, 0.1) is 19.6 Å². The van der Waals surface area contributed by atoms with Crippen molar-refractivity contribution in [2.75, 3.05) is 7.11 Å². The average Bonchev–Trinajstić information content (AvgIpc) is 3.17. The fraction of sp³-hybridized carbons (Fsp3) is 0.724. The Morgan fingerprint density at radius 1 is 1.18 bits per heavy atom. The Balaban J connectivity index is 1.63. The van der Waals surface area contributed by atoms with Gasteiger partial charge in [0.1, 0.15) is 17.8 Å². The number of hydrogen-bond acceptors (Lipinski definition) is 10. The normalized spacial score (nSPS) is 44.3. The van der Waals surface area contributed by atoms with Gasteiger partial charge >= 0.3 is 23.9 Å². The van der Waals surface area contributed by atoms with Crippen molar-refractivity contribution < 1.29 is 48.0 Å². The molecular formula is C29H38O10. The zero-order valence-electron chi connectivity index (χ0n) is 23.4. The minimum Gasteiger partial charge on any atom is -0.469 e. The number of methoxy groups -OCH3 is 1.